The summed E-state index contributed by atoms with van der Waals surface area (Å²) in [4.78, 5) is 16.2. The number of hydrogen-bond donors (Lipinski definition) is 2. The van der Waals surface area contributed by atoms with Gasteiger partial charge in [0.05, 0.1) is 32.5 Å². The van der Waals surface area contributed by atoms with Crippen LogP contribution >= 0.6 is 115 Å². The van der Waals surface area contributed by atoms with Gasteiger partial charge in [-0.25, -0.2) is 8.78 Å². The number of halogens is 2. The number of aliphatic hydroxyl groups excluding tert-OH is 1. The minimum absolute atomic E-state index is 0.0171. The molecule has 6 aromatic carbocycles. The smallest absolute Gasteiger partial charge is 0.141 e. The maximum Gasteiger partial charge on any atom is 0.141 e. The lowest BCUT2D eigenvalue weighted by molar-refractivity contribution is 0.279. The molecule has 0 aliphatic heterocycles. The molecule has 100 heavy (non-hydrogen) atoms. The van der Waals surface area contributed by atoms with Gasteiger partial charge in [0.1, 0.15) is 17.4 Å². The van der Waals surface area contributed by atoms with E-state index in [2.05, 4.69) is 202 Å². The molecule has 6 aliphatic carbocycles. The fourth-order valence-corrected chi connectivity index (χ4v) is 33.1. The lowest BCUT2D eigenvalue weighted by Gasteiger charge is -2.27. The molecule has 0 amide bonds. The molecule has 0 saturated carbocycles. The molecule has 0 bridgehead atoms. The van der Waals surface area contributed by atoms with E-state index in [1.165, 1.54) is 157 Å². The van der Waals surface area contributed by atoms with Gasteiger partial charge in [-0.1, -0.05) is 156 Å². The second kappa shape index (κ2) is 21.6. The average Bonchev–Trinajstić information content (AvgIpc) is 1.52. The van der Waals surface area contributed by atoms with Crippen molar-refractivity contribution in [3.63, 3.8) is 0 Å². The summed E-state index contributed by atoms with van der Waals surface area (Å²) in [6.07, 6.45) is 2.22. The number of methoxy groups -OCH3 is 1. The molecule has 8 heterocycles. The van der Waals surface area contributed by atoms with Crippen molar-refractivity contribution in [3.8, 4) is 68.4 Å². The Bertz CT molecular complexity index is 5710. The molecule has 14 heteroatoms. The number of thioether (sulfide) groups is 1. The Morgan fingerprint density at radius 2 is 0.650 bits per heavy atom. The van der Waals surface area contributed by atoms with Crippen molar-refractivity contribution in [1.82, 2.24) is 0 Å². The van der Waals surface area contributed by atoms with Gasteiger partial charge in [0, 0.05) is 118 Å². The zero-order valence-corrected chi connectivity index (χ0v) is 68.3. The third-order valence-corrected chi connectivity index (χ3v) is 35.1. The van der Waals surface area contributed by atoms with Crippen molar-refractivity contribution in [3.05, 3.63) is 192 Å². The molecule has 1 N–H and O–H groups in total. The predicted molar refractivity (Wildman–Crippen MR) is 441 cm³/mol. The number of aliphatic hydroxyl groups is 1. The number of thiol groups is 1. The van der Waals surface area contributed by atoms with E-state index < -0.39 is 10.8 Å². The van der Waals surface area contributed by atoms with Crippen LogP contribution in [-0.4, -0.2) is 18.5 Å². The molecule has 0 fully saturated rings. The Labute approximate surface area is 626 Å². The summed E-state index contributed by atoms with van der Waals surface area (Å²) in [5, 5.41) is 18.0. The molecule has 0 spiro atoms. The highest BCUT2D eigenvalue weighted by molar-refractivity contribution is 7.99. The highest BCUT2D eigenvalue weighted by Crippen LogP contribution is 2.67. The first kappa shape index (κ1) is 66.5. The molecule has 8 aromatic heterocycles. The van der Waals surface area contributed by atoms with Gasteiger partial charge in [0.2, 0.25) is 0 Å². The summed E-state index contributed by atoms with van der Waals surface area (Å²) in [5.74, 6) is 1.74. The van der Waals surface area contributed by atoms with Gasteiger partial charge in [-0.15, -0.1) is 102 Å². The number of rotatable bonds is 4. The van der Waals surface area contributed by atoms with Crippen LogP contribution in [-0.2, 0) is 44.8 Å². The van der Waals surface area contributed by atoms with Crippen LogP contribution in [0.4, 0.5) is 8.78 Å². The topological polar surface area (TPSA) is 29.5 Å². The molecule has 508 valence electrons. The summed E-state index contributed by atoms with van der Waals surface area (Å²) in [7, 11) is 1.79. The van der Waals surface area contributed by atoms with E-state index in [0.717, 1.165) is 69.6 Å². The normalized spacial score (nSPS) is 16.8. The summed E-state index contributed by atoms with van der Waals surface area (Å²) in [6, 6.07) is 27.8. The van der Waals surface area contributed by atoms with E-state index in [1.54, 1.807) is 40.9 Å². The van der Waals surface area contributed by atoms with Crippen LogP contribution in [0, 0.1) is 53.2 Å². The zero-order chi connectivity index (χ0) is 70.5. The van der Waals surface area contributed by atoms with Crippen LogP contribution in [0.1, 0.15) is 190 Å². The average molecular weight is 1500 g/mol. The SMILES string of the molecule is COc1c(C)sc2c1C(C)(C)c1c-2ccc2c3c(ccc12)-c1sc(C)c(CO)c1C3(C)C.CSc1c(C)sc2c3c(sc12)-c1ccc2c4c(ccc2c1C3(C)C)-c1sc2c(CS)c(C)sc2c1C4(C)C.Cc1sc2c(c1F)C(C)(C)c1c-2ccc2c3c(ccc12)-c1sc(C)c(F)c1C3(C)C. The Balaban J connectivity index is 0.000000109. The molecule has 2 nitrogen and oxygen atoms in total. The highest BCUT2D eigenvalue weighted by atomic mass is 32.2. The molecule has 20 rings (SSSR count). The lowest BCUT2D eigenvalue weighted by Crippen LogP contribution is -2.19. The van der Waals surface area contributed by atoms with Gasteiger partial charge in [0.15, 0.2) is 0 Å². The molecule has 0 radical (unpaired) electrons. The number of fused-ring (bicyclic) bond motifs is 31. The van der Waals surface area contributed by atoms with E-state index in [1.807, 2.05) is 93.6 Å². The predicted octanol–water partition coefficient (Wildman–Crippen LogP) is 27.9. The molecular formula is C86H78F2O2S10. The van der Waals surface area contributed by atoms with E-state index in [9.17, 15) is 5.11 Å². The number of ether oxygens (including phenoxy) is 1. The van der Waals surface area contributed by atoms with Crippen molar-refractivity contribution in [2.45, 2.75) is 174 Å². The van der Waals surface area contributed by atoms with E-state index in [4.69, 9.17) is 4.74 Å². The van der Waals surface area contributed by atoms with E-state index in [-0.39, 0.29) is 39.9 Å². The van der Waals surface area contributed by atoms with Gasteiger partial charge in [0.25, 0.3) is 0 Å². The van der Waals surface area contributed by atoms with Crippen LogP contribution in [0.25, 0.3) is 114 Å². The molecule has 0 unspecified atom stereocenters. The molecular weight excluding hydrogens is 1420 g/mol. The van der Waals surface area contributed by atoms with E-state index >= 15 is 8.78 Å². The molecule has 14 aromatic rings. The highest BCUT2D eigenvalue weighted by Gasteiger charge is 2.50. The van der Waals surface area contributed by atoms with Crippen molar-refractivity contribution < 1.29 is 18.6 Å². The quantitative estimate of drug-likeness (QED) is 0.136. The van der Waals surface area contributed by atoms with Crippen LogP contribution in [0.3, 0.4) is 0 Å². The standard InChI is InChI=1S/C32H28S6.C28H28O2S2.C26H22F2S2/c1-13-19(12-33)27-28(35-13)22-25(37-27)17-10-8-16-15(20(17)31(22,3)4)9-11-18-21(16)32(5,6)23-26(18)38-30-24(34-7)14(2)36-29(23)30;1-13-19(12-29)22-25(31-13)17-10-8-16-15(20(17)27(22,3)4)9-11-18-21(16)28(5,6)23-24(30-7)14(2)32-26(18)23;1-11-21(27)19-23(29-11)15-9-7-14-13(17(15)25(19,3)4)8-10-16-18(14)26(5,6)20-22(28)12(2)30-24(16)20/h8-11,33H,12H2,1-7H3;8-11,29H,12H2,1-7H3;7-10H,1-6H3. The van der Waals surface area contributed by atoms with Crippen molar-refractivity contribution >= 4 is 166 Å². The second-order valence-electron chi connectivity index (χ2n) is 31.6. The largest absolute Gasteiger partial charge is 0.495 e. The first-order valence-electron chi connectivity index (χ1n) is 34.4. The number of benzene rings is 6. The van der Waals surface area contributed by atoms with Crippen molar-refractivity contribution in [2.24, 2.45) is 0 Å². The first-order chi connectivity index (χ1) is 47.3. The van der Waals surface area contributed by atoms with Crippen LogP contribution < -0.4 is 4.74 Å². The fraction of sp³-hybridized carbons (Fsp3) is 0.326. The maximum atomic E-state index is 15.1. The van der Waals surface area contributed by atoms with Crippen LogP contribution in [0.15, 0.2) is 77.7 Å². The number of hydrogen-bond acceptors (Lipinski definition) is 12. The van der Waals surface area contributed by atoms with Gasteiger partial charge in [-0.2, -0.15) is 12.6 Å². The summed E-state index contributed by atoms with van der Waals surface area (Å²) < 4.78 is 41.9. The monoisotopic (exact) mass is 1500 g/mol. The fourth-order valence-electron chi connectivity index (χ4n) is 19.9. The summed E-state index contributed by atoms with van der Waals surface area (Å²) >= 11 is 21.4. The Morgan fingerprint density at radius 3 is 1.03 bits per heavy atom. The van der Waals surface area contributed by atoms with Gasteiger partial charge >= 0.3 is 0 Å². The Kier molecular flexibility index (Phi) is 14.4. The lowest BCUT2D eigenvalue weighted by atomic mass is 9.75. The van der Waals surface area contributed by atoms with Gasteiger partial charge < -0.3 is 9.84 Å². The molecule has 6 aliphatic rings. The van der Waals surface area contributed by atoms with Crippen molar-refractivity contribution in [1.29, 1.82) is 0 Å². The van der Waals surface area contributed by atoms with Crippen molar-refractivity contribution in [2.75, 3.05) is 13.4 Å². The minimum Gasteiger partial charge on any atom is -0.495 e. The number of aryl methyl sites for hydroxylation is 6. The van der Waals surface area contributed by atoms with E-state index in [0.29, 0.717) is 0 Å². The third-order valence-electron chi connectivity index (χ3n) is 24.0. The van der Waals surface area contributed by atoms with Gasteiger partial charge in [-0.3, -0.25) is 0 Å². The summed E-state index contributed by atoms with van der Waals surface area (Å²) in [6.45, 7) is 40.3. The van der Waals surface area contributed by atoms with Crippen LogP contribution in [0.2, 0.25) is 0 Å². The Hall–Kier alpha value is -5.46. The van der Waals surface area contributed by atoms with Gasteiger partial charge in [-0.05, 0) is 175 Å². The zero-order valence-electron chi connectivity index (χ0n) is 60.1. The second-order valence-corrected chi connectivity index (χ2v) is 42.1. The maximum absolute atomic E-state index is 15.1. The van der Waals surface area contributed by atoms with Crippen LogP contribution in [0.5, 0.6) is 5.75 Å². The third kappa shape index (κ3) is 8.15. The number of thiophene rings is 8. The summed E-state index contributed by atoms with van der Waals surface area (Å²) in [5.41, 5.74) is 25.0. The molecule has 0 atom stereocenters. The molecule has 0 saturated heterocycles. The minimum atomic E-state index is -0.400. The Morgan fingerprint density at radius 1 is 0.350 bits per heavy atom. The first-order valence-corrected chi connectivity index (χ1v) is 42.8.